The fourth-order valence-corrected chi connectivity index (χ4v) is 6.81. The summed E-state index contributed by atoms with van der Waals surface area (Å²) in [7, 11) is 1.65. The Labute approximate surface area is 277 Å². The molecule has 47 heavy (non-hydrogen) atoms. The Morgan fingerprint density at radius 1 is 1.09 bits per heavy atom. The van der Waals surface area contributed by atoms with Crippen molar-refractivity contribution < 1.29 is 14.4 Å². The molecule has 3 aromatic rings. The quantitative estimate of drug-likeness (QED) is 0.238. The van der Waals surface area contributed by atoms with Gasteiger partial charge in [-0.25, -0.2) is 15.0 Å². The SMILES string of the molecule is C#Cc1cccc([C@H]2CCON2c2cc(Nc3cc(NC(=O)C=C)c(N4CCC(N5CCN(CC)CC5)CC4)cc3OC)ncn2)c1. The number of hydrogen-bond acceptors (Lipinski definition) is 10. The number of piperazine rings is 1. The smallest absolute Gasteiger partial charge is 0.247 e. The highest BCUT2D eigenvalue weighted by Gasteiger charge is 2.31. The van der Waals surface area contributed by atoms with Gasteiger partial charge in [-0.2, -0.15) is 0 Å². The first kappa shape index (κ1) is 32.3. The minimum Gasteiger partial charge on any atom is -0.494 e. The van der Waals surface area contributed by atoms with E-state index >= 15 is 0 Å². The molecule has 3 saturated heterocycles. The number of hydrogen-bond donors (Lipinski definition) is 2. The lowest BCUT2D eigenvalue weighted by molar-refractivity contribution is -0.111. The number of methoxy groups -OCH3 is 1. The van der Waals surface area contributed by atoms with Gasteiger partial charge in [0.05, 0.1) is 36.8 Å². The molecule has 4 heterocycles. The summed E-state index contributed by atoms with van der Waals surface area (Å²) in [4.78, 5) is 35.1. The zero-order chi connectivity index (χ0) is 32.8. The molecule has 11 heteroatoms. The minimum absolute atomic E-state index is 0.0364. The fraction of sp³-hybridized carbons (Fsp3) is 0.417. The van der Waals surface area contributed by atoms with Crippen molar-refractivity contribution in [2.24, 2.45) is 0 Å². The number of anilines is 5. The lowest BCUT2D eigenvalue weighted by atomic mass is 10.0. The summed E-state index contributed by atoms with van der Waals surface area (Å²) in [5.74, 6) is 4.24. The molecule has 0 saturated carbocycles. The molecule has 0 radical (unpaired) electrons. The van der Waals surface area contributed by atoms with Gasteiger partial charge in [0.1, 0.15) is 17.9 Å². The molecule has 1 aromatic heterocycles. The Hall–Kier alpha value is -4.63. The standard InChI is InChI=1S/C36H44N8O3/c1-5-26-9-8-10-27(21-26)31-13-20-47-44(31)35-24-34(37-25-38-35)39-30-22-29(40-36(45)6-2)32(23-33(30)46-4)43-14-11-28(12-15-43)42-18-16-41(7-3)17-19-42/h1,6,8-10,21-25,28,31H,2,7,11-20H2,3-4H3,(H,40,45)(H,37,38,39)/t31-/m1/s1. The Balaban J connectivity index is 1.21. The number of carbonyl (C=O) groups is 1. The van der Waals surface area contributed by atoms with E-state index in [2.05, 4.69) is 60.8 Å². The molecule has 246 valence electrons. The summed E-state index contributed by atoms with van der Waals surface area (Å²) in [5.41, 5.74) is 4.14. The first-order valence-electron chi connectivity index (χ1n) is 16.4. The van der Waals surface area contributed by atoms with E-state index in [1.54, 1.807) is 7.11 Å². The molecule has 11 nitrogen and oxygen atoms in total. The van der Waals surface area contributed by atoms with Crippen molar-refractivity contribution in [1.82, 2.24) is 19.8 Å². The summed E-state index contributed by atoms with van der Waals surface area (Å²) < 4.78 is 5.87. The average Bonchev–Trinajstić information content (AvgIpc) is 3.62. The number of piperidine rings is 1. The number of likely N-dealkylation sites (N-methyl/N-ethyl adjacent to an activating group) is 1. The maximum absolute atomic E-state index is 12.6. The Morgan fingerprint density at radius 2 is 1.89 bits per heavy atom. The number of rotatable bonds is 10. The maximum Gasteiger partial charge on any atom is 0.247 e. The van der Waals surface area contributed by atoms with E-state index in [4.69, 9.17) is 16.0 Å². The number of nitrogens with one attached hydrogen (secondary N) is 2. The van der Waals surface area contributed by atoms with E-state index in [1.807, 2.05) is 41.5 Å². The summed E-state index contributed by atoms with van der Waals surface area (Å²) in [6.07, 6.45) is 11.4. The predicted molar refractivity (Wildman–Crippen MR) is 186 cm³/mol. The third-order valence-corrected chi connectivity index (χ3v) is 9.42. The summed E-state index contributed by atoms with van der Waals surface area (Å²) >= 11 is 0. The molecule has 2 N–H and O–H groups in total. The third kappa shape index (κ3) is 7.36. The zero-order valence-corrected chi connectivity index (χ0v) is 27.3. The molecule has 0 unspecified atom stereocenters. The zero-order valence-electron chi connectivity index (χ0n) is 27.3. The molecule has 2 aromatic carbocycles. The Kier molecular flexibility index (Phi) is 10.2. The van der Waals surface area contributed by atoms with Crippen LogP contribution in [-0.4, -0.2) is 91.2 Å². The van der Waals surface area contributed by atoms with Crippen molar-refractivity contribution in [3.05, 3.63) is 72.6 Å². The molecule has 0 bridgehead atoms. The molecule has 0 aliphatic carbocycles. The van der Waals surface area contributed by atoms with Gasteiger partial charge in [0.25, 0.3) is 0 Å². The lowest BCUT2D eigenvalue weighted by Gasteiger charge is -2.43. The van der Waals surface area contributed by atoms with Crippen LogP contribution in [0.1, 0.15) is 43.4 Å². The molecule has 3 aliphatic heterocycles. The van der Waals surface area contributed by atoms with E-state index < -0.39 is 0 Å². The van der Waals surface area contributed by atoms with Gasteiger partial charge < -0.3 is 25.2 Å². The van der Waals surface area contributed by atoms with E-state index in [0.717, 1.165) is 81.9 Å². The lowest BCUT2D eigenvalue weighted by Crippen LogP contribution is -2.53. The van der Waals surface area contributed by atoms with Crippen LogP contribution in [0, 0.1) is 12.3 Å². The number of hydroxylamine groups is 1. The number of benzene rings is 2. The second-order valence-electron chi connectivity index (χ2n) is 12.1. The summed E-state index contributed by atoms with van der Waals surface area (Å²) in [5, 5.41) is 8.23. The molecule has 1 amide bonds. The number of terminal acetylenes is 1. The molecular weight excluding hydrogens is 592 g/mol. The van der Waals surface area contributed by atoms with Crippen molar-refractivity contribution in [2.75, 3.05) is 80.1 Å². The Bertz CT molecular complexity index is 1610. The summed E-state index contributed by atoms with van der Waals surface area (Å²) in [6, 6.07) is 14.2. The normalized spacial score (nSPS) is 19.3. The van der Waals surface area contributed by atoms with Gasteiger partial charge in [0.15, 0.2) is 5.82 Å². The van der Waals surface area contributed by atoms with Crippen LogP contribution in [0.5, 0.6) is 5.75 Å². The van der Waals surface area contributed by atoms with E-state index in [0.29, 0.717) is 41.4 Å². The largest absolute Gasteiger partial charge is 0.494 e. The number of amides is 1. The van der Waals surface area contributed by atoms with Crippen LogP contribution in [0.3, 0.4) is 0 Å². The van der Waals surface area contributed by atoms with E-state index in [-0.39, 0.29) is 11.9 Å². The monoisotopic (exact) mass is 636 g/mol. The van der Waals surface area contributed by atoms with Crippen molar-refractivity contribution in [2.45, 2.75) is 38.3 Å². The molecule has 0 spiro atoms. The van der Waals surface area contributed by atoms with Gasteiger partial charge in [-0.05, 0) is 49.2 Å². The van der Waals surface area contributed by atoms with Gasteiger partial charge >= 0.3 is 0 Å². The number of aromatic nitrogens is 2. The van der Waals surface area contributed by atoms with Crippen LogP contribution in [-0.2, 0) is 9.63 Å². The second-order valence-corrected chi connectivity index (χ2v) is 12.1. The fourth-order valence-electron chi connectivity index (χ4n) is 6.81. The van der Waals surface area contributed by atoms with Crippen molar-refractivity contribution in [3.8, 4) is 18.1 Å². The highest BCUT2D eigenvalue weighted by atomic mass is 16.7. The minimum atomic E-state index is -0.276. The average molecular weight is 637 g/mol. The van der Waals surface area contributed by atoms with Crippen LogP contribution in [0.25, 0.3) is 0 Å². The van der Waals surface area contributed by atoms with Crippen LogP contribution in [0.15, 0.2) is 61.4 Å². The van der Waals surface area contributed by atoms with E-state index in [1.165, 1.54) is 12.4 Å². The van der Waals surface area contributed by atoms with Gasteiger partial charge in [-0.15, -0.1) is 6.42 Å². The van der Waals surface area contributed by atoms with Gasteiger partial charge in [-0.1, -0.05) is 31.6 Å². The number of nitrogens with zero attached hydrogens (tertiary/aromatic N) is 6. The highest BCUT2D eigenvalue weighted by molar-refractivity contribution is 6.02. The topological polar surface area (TPSA) is 98.3 Å². The third-order valence-electron chi connectivity index (χ3n) is 9.42. The van der Waals surface area contributed by atoms with Gasteiger partial charge in [-0.3, -0.25) is 14.5 Å². The number of ether oxygens (including phenoxy) is 1. The van der Waals surface area contributed by atoms with Gasteiger partial charge in [0, 0.05) is 69.4 Å². The van der Waals surface area contributed by atoms with Crippen LogP contribution in [0.4, 0.5) is 28.7 Å². The highest BCUT2D eigenvalue weighted by Crippen LogP contribution is 2.40. The molecule has 3 fully saturated rings. The second kappa shape index (κ2) is 14.9. The molecular formula is C36H44N8O3. The summed E-state index contributed by atoms with van der Waals surface area (Å²) in [6.45, 7) is 13.9. The maximum atomic E-state index is 12.6. The van der Waals surface area contributed by atoms with Crippen molar-refractivity contribution in [3.63, 3.8) is 0 Å². The molecule has 3 aliphatic rings. The van der Waals surface area contributed by atoms with Crippen LogP contribution >= 0.6 is 0 Å². The molecule has 1 atom stereocenters. The van der Waals surface area contributed by atoms with Crippen LogP contribution < -0.4 is 25.3 Å². The van der Waals surface area contributed by atoms with E-state index in [9.17, 15) is 4.79 Å². The first-order chi connectivity index (χ1) is 23.0. The molecule has 6 rings (SSSR count). The number of carbonyl (C=O) groups excluding carboxylic acids is 1. The van der Waals surface area contributed by atoms with Crippen LogP contribution in [0.2, 0.25) is 0 Å². The predicted octanol–water partition coefficient (Wildman–Crippen LogP) is 4.82. The van der Waals surface area contributed by atoms with Crippen molar-refractivity contribution >= 4 is 34.6 Å². The Morgan fingerprint density at radius 3 is 2.62 bits per heavy atom. The van der Waals surface area contributed by atoms with Gasteiger partial charge in [0.2, 0.25) is 5.91 Å². The van der Waals surface area contributed by atoms with Crippen molar-refractivity contribution in [1.29, 1.82) is 0 Å². The first-order valence-corrected chi connectivity index (χ1v) is 16.4.